The van der Waals surface area contributed by atoms with Gasteiger partial charge in [0.1, 0.15) is 0 Å². The first-order valence-corrected chi connectivity index (χ1v) is 6.95. The number of aromatic nitrogens is 1. The third kappa shape index (κ3) is 2.47. The highest BCUT2D eigenvalue weighted by Crippen LogP contribution is 2.38. The van der Waals surface area contributed by atoms with E-state index in [9.17, 15) is 9.18 Å². The van der Waals surface area contributed by atoms with Crippen LogP contribution in [0.25, 0.3) is 0 Å². The number of carbonyl (C=O) groups is 1. The number of amides is 1. The van der Waals surface area contributed by atoms with Crippen LogP contribution in [0.2, 0.25) is 0 Å². The Bertz CT molecular complexity index is 519. The molecule has 2 atom stereocenters. The van der Waals surface area contributed by atoms with Gasteiger partial charge in [0.15, 0.2) is 11.6 Å². The van der Waals surface area contributed by atoms with Gasteiger partial charge in [0.05, 0.1) is 17.7 Å². The molecule has 2 heterocycles. The zero-order chi connectivity index (χ0) is 14.1. The van der Waals surface area contributed by atoms with E-state index in [1.54, 1.807) is 7.05 Å². The van der Waals surface area contributed by atoms with Crippen molar-refractivity contribution in [2.24, 2.45) is 5.92 Å². The Balaban J connectivity index is 1.72. The Morgan fingerprint density at radius 1 is 1.45 bits per heavy atom. The molecule has 2 N–H and O–H groups in total. The molecule has 20 heavy (non-hydrogen) atoms. The molecule has 1 saturated heterocycles. The van der Waals surface area contributed by atoms with Crippen LogP contribution >= 0.6 is 0 Å². The van der Waals surface area contributed by atoms with Crippen LogP contribution in [-0.4, -0.2) is 36.7 Å². The van der Waals surface area contributed by atoms with Crippen molar-refractivity contribution in [1.29, 1.82) is 0 Å². The molecule has 1 aliphatic heterocycles. The number of carbonyl (C=O) groups excluding carboxylic acids is 1. The van der Waals surface area contributed by atoms with Gasteiger partial charge in [-0.25, -0.2) is 9.37 Å². The van der Waals surface area contributed by atoms with Crippen LogP contribution < -0.4 is 10.6 Å². The normalized spacial score (nSPS) is 25.5. The summed E-state index contributed by atoms with van der Waals surface area (Å²) in [6.45, 7) is 0.659. The van der Waals surface area contributed by atoms with E-state index in [1.165, 1.54) is 12.3 Å². The lowest BCUT2D eigenvalue weighted by molar-refractivity contribution is 0.0727. The molecule has 3 rings (SSSR count). The van der Waals surface area contributed by atoms with Crippen molar-refractivity contribution in [3.8, 4) is 0 Å². The van der Waals surface area contributed by atoms with E-state index in [1.807, 2.05) is 0 Å². The lowest BCUT2D eigenvalue weighted by atomic mass is 10.1. The minimum Gasteiger partial charge on any atom is -0.376 e. The summed E-state index contributed by atoms with van der Waals surface area (Å²) in [5.41, 5.74) is 0.0193. The molecule has 1 aromatic rings. The van der Waals surface area contributed by atoms with Gasteiger partial charge in [-0.05, 0) is 31.2 Å². The first kappa shape index (κ1) is 13.3. The van der Waals surface area contributed by atoms with Crippen molar-refractivity contribution in [1.82, 2.24) is 10.3 Å². The van der Waals surface area contributed by atoms with Crippen LogP contribution in [0.15, 0.2) is 12.3 Å². The molecule has 2 unspecified atom stereocenters. The second kappa shape index (κ2) is 5.36. The summed E-state index contributed by atoms with van der Waals surface area (Å²) in [5.74, 6) is -0.381. The standard InChI is InChI=1S/C14H18FN3O2/c1-16-13-11(15)9(4-6-17-13)14(19)18-10-5-7-20-12(10)8-2-3-8/h4,6,8,10,12H,2-3,5,7H2,1H3,(H,16,17)(H,18,19). The number of pyridine rings is 1. The molecule has 108 valence electrons. The van der Waals surface area contributed by atoms with Crippen molar-refractivity contribution < 1.29 is 13.9 Å². The molecule has 5 nitrogen and oxygen atoms in total. The predicted octanol–water partition coefficient (Wildman–Crippen LogP) is 1.56. The molecular formula is C14H18FN3O2. The number of nitrogens with one attached hydrogen (secondary N) is 2. The quantitative estimate of drug-likeness (QED) is 0.878. The van der Waals surface area contributed by atoms with E-state index >= 15 is 0 Å². The topological polar surface area (TPSA) is 63.2 Å². The first-order chi connectivity index (χ1) is 9.70. The minimum absolute atomic E-state index is 0.0133. The number of anilines is 1. The van der Waals surface area contributed by atoms with Crippen LogP contribution in [0.1, 0.15) is 29.6 Å². The third-order valence-electron chi connectivity index (χ3n) is 3.91. The van der Waals surface area contributed by atoms with E-state index in [0.717, 1.165) is 19.3 Å². The van der Waals surface area contributed by atoms with Crippen molar-refractivity contribution in [3.05, 3.63) is 23.6 Å². The van der Waals surface area contributed by atoms with E-state index in [2.05, 4.69) is 15.6 Å². The van der Waals surface area contributed by atoms with Crippen molar-refractivity contribution in [3.63, 3.8) is 0 Å². The largest absolute Gasteiger partial charge is 0.376 e. The zero-order valence-electron chi connectivity index (χ0n) is 11.4. The van der Waals surface area contributed by atoms with Crippen LogP contribution in [0, 0.1) is 11.7 Å². The molecule has 0 bridgehead atoms. The van der Waals surface area contributed by atoms with Gasteiger partial charge in [-0.3, -0.25) is 4.79 Å². The van der Waals surface area contributed by atoms with E-state index < -0.39 is 11.7 Å². The van der Waals surface area contributed by atoms with Gasteiger partial charge in [0.25, 0.3) is 5.91 Å². The van der Waals surface area contributed by atoms with E-state index in [-0.39, 0.29) is 23.5 Å². The SMILES string of the molecule is CNc1nccc(C(=O)NC2CCOC2C2CC2)c1F. The molecular weight excluding hydrogens is 261 g/mol. The molecule has 1 amide bonds. The number of nitrogens with zero attached hydrogens (tertiary/aromatic N) is 1. The molecule has 0 spiro atoms. The highest BCUT2D eigenvalue weighted by molar-refractivity contribution is 5.95. The minimum atomic E-state index is -0.616. The molecule has 0 aromatic carbocycles. The second-order valence-corrected chi connectivity index (χ2v) is 5.31. The Hall–Kier alpha value is -1.69. The predicted molar refractivity (Wildman–Crippen MR) is 72.1 cm³/mol. The average molecular weight is 279 g/mol. The fourth-order valence-electron chi connectivity index (χ4n) is 2.69. The summed E-state index contributed by atoms with van der Waals surface area (Å²) in [6, 6.07) is 1.38. The fourth-order valence-corrected chi connectivity index (χ4v) is 2.69. The van der Waals surface area contributed by atoms with Crippen LogP contribution in [-0.2, 0) is 4.74 Å². The van der Waals surface area contributed by atoms with Gasteiger partial charge >= 0.3 is 0 Å². The summed E-state index contributed by atoms with van der Waals surface area (Å²) >= 11 is 0. The van der Waals surface area contributed by atoms with Crippen molar-refractivity contribution in [2.75, 3.05) is 19.0 Å². The highest BCUT2D eigenvalue weighted by atomic mass is 19.1. The Morgan fingerprint density at radius 2 is 2.25 bits per heavy atom. The van der Waals surface area contributed by atoms with Gasteiger partial charge in [-0.15, -0.1) is 0 Å². The Labute approximate surface area is 116 Å². The van der Waals surface area contributed by atoms with Gasteiger partial charge in [0.2, 0.25) is 0 Å². The lowest BCUT2D eigenvalue weighted by Crippen LogP contribution is -2.41. The summed E-state index contributed by atoms with van der Waals surface area (Å²) in [5, 5.41) is 5.53. The van der Waals surface area contributed by atoms with Crippen LogP contribution in [0.4, 0.5) is 10.2 Å². The summed E-state index contributed by atoms with van der Waals surface area (Å²) in [4.78, 5) is 16.0. The van der Waals surface area contributed by atoms with Gasteiger partial charge in [0, 0.05) is 19.9 Å². The summed E-state index contributed by atoms with van der Waals surface area (Å²) < 4.78 is 19.7. The summed E-state index contributed by atoms with van der Waals surface area (Å²) in [6.07, 6.45) is 4.62. The maximum atomic E-state index is 14.0. The summed E-state index contributed by atoms with van der Waals surface area (Å²) in [7, 11) is 1.57. The number of hydrogen-bond acceptors (Lipinski definition) is 4. The zero-order valence-corrected chi connectivity index (χ0v) is 11.4. The van der Waals surface area contributed by atoms with Crippen molar-refractivity contribution >= 4 is 11.7 Å². The van der Waals surface area contributed by atoms with Crippen molar-refractivity contribution in [2.45, 2.75) is 31.4 Å². The maximum Gasteiger partial charge on any atom is 0.254 e. The number of hydrogen-bond donors (Lipinski definition) is 2. The highest BCUT2D eigenvalue weighted by Gasteiger charge is 2.41. The lowest BCUT2D eigenvalue weighted by Gasteiger charge is -2.19. The van der Waals surface area contributed by atoms with Gasteiger partial charge in [-0.2, -0.15) is 0 Å². The smallest absolute Gasteiger partial charge is 0.254 e. The van der Waals surface area contributed by atoms with Gasteiger partial charge in [-0.1, -0.05) is 0 Å². The molecule has 0 radical (unpaired) electrons. The van der Waals surface area contributed by atoms with Crippen LogP contribution in [0.3, 0.4) is 0 Å². The van der Waals surface area contributed by atoms with Crippen LogP contribution in [0.5, 0.6) is 0 Å². The molecule has 2 aliphatic rings. The number of halogens is 1. The van der Waals surface area contributed by atoms with E-state index in [4.69, 9.17) is 4.74 Å². The first-order valence-electron chi connectivity index (χ1n) is 6.95. The Kier molecular flexibility index (Phi) is 3.56. The Morgan fingerprint density at radius 3 is 2.95 bits per heavy atom. The third-order valence-corrected chi connectivity index (χ3v) is 3.91. The van der Waals surface area contributed by atoms with E-state index in [0.29, 0.717) is 12.5 Å². The molecule has 1 aliphatic carbocycles. The fraction of sp³-hybridized carbons (Fsp3) is 0.571. The number of ether oxygens (including phenoxy) is 1. The second-order valence-electron chi connectivity index (χ2n) is 5.31. The molecule has 2 fully saturated rings. The molecule has 6 heteroatoms. The number of rotatable bonds is 4. The molecule has 1 saturated carbocycles. The van der Waals surface area contributed by atoms with Gasteiger partial charge < -0.3 is 15.4 Å². The maximum absolute atomic E-state index is 14.0. The average Bonchev–Trinajstić information content (AvgIpc) is 3.19. The molecule has 1 aromatic heterocycles. The monoisotopic (exact) mass is 279 g/mol.